The van der Waals surface area contributed by atoms with Crippen molar-refractivity contribution in [3.05, 3.63) is 42.0 Å². The van der Waals surface area contributed by atoms with Gasteiger partial charge >= 0.3 is 0 Å². The Hall–Kier alpha value is -2.67. The summed E-state index contributed by atoms with van der Waals surface area (Å²) in [5.74, 6) is 1.31. The molecule has 2 N–H and O–H groups in total. The molecule has 0 aliphatic rings. The number of aromatic nitrogens is 2. The van der Waals surface area contributed by atoms with Gasteiger partial charge in [0.25, 0.3) is 5.91 Å². The Labute approximate surface area is 142 Å². The molecule has 24 heavy (non-hydrogen) atoms. The Morgan fingerprint density at radius 3 is 2.50 bits per heavy atom. The normalized spacial score (nSPS) is 10.5. The lowest BCUT2D eigenvalue weighted by Gasteiger charge is -2.10. The highest BCUT2D eigenvalue weighted by Crippen LogP contribution is 2.18. The first-order valence-electron chi connectivity index (χ1n) is 7.77. The molecule has 1 heterocycles. The number of para-hydroxylation sites is 1. The first kappa shape index (κ1) is 17.7. The molecule has 0 radical (unpaired) electrons. The van der Waals surface area contributed by atoms with Gasteiger partial charge in [0.2, 0.25) is 0 Å². The van der Waals surface area contributed by atoms with Gasteiger partial charge in [-0.25, -0.2) is 0 Å². The number of methoxy groups -OCH3 is 1. The van der Waals surface area contributed by atoms with Crippen molar-refractivity contribution >= 4 is 17.5 Å². The summed E-state index contributed by atoms with van der Waals surface area (Å²) in [6.45, 7) is 1.83. The number of anilines is 2. The van der Waals surface area contributed by atoms with Gasteiger partial charge in [-0.15, -0.1) is 10.2 Å². The molecule has 0 aliphatic carbocycles. The molecule has 0 saturated heterocycles. The standard InChI is InChI=1S/C17H23N5O2/c1-22(2)12-6-11-18-15-9-10-16(21-20-15)19-17(23)13-7-4-5-8-14(13)24-3/h4-5,7-10H,6,11-12H2,1-3H3,(H,18,20)(H,19,21,23). The number of amides is 1. The van der Waals surface area contributed by atoms with E-state index in [-0.39, 0.29) is 5.91 Å². The second-order valence-electron chi connectivity index (χ2n) is 5.54. The van der Waals surface area contributed by atoms with Gasteiger partial charge < -0.3 is 20.3 Å². The van der Waals surface area contributed by atoms with Gasteiger partial charge in [0.15, 0.2) is 5.82 Å². The predicted molar refractivity (Wildman–Crippen MR) is 94.6 cm³/mol. The monoisotopic (exact) mass is 329 g/mol. The molecule has 1 amide bonds. The Morgan fingerprint density at radius 2 is 1.83 bits per heavy atom. The number of carbonyl (C=O) groups is 1. The summed E-state index contributed by atoms with van der Waals surface area (Å²) < 4.78 is 5.18. The number of hydrogen-bond acceptors (Lipinski definition) is 6. The molecular formula is C17H23N5O2. The van der Waals surface area contributed by atoms with Crippen molar-refractivity contribution in [1.82, 2.24) is 15.1 Å². The van der Waals surface area contributed by atoms with Crippen LogP contribution in [0.3, 0.4) is 0 Å². The van der Waals surface area contributed by atoms with E-state index in [4.69, 9.17) is 4.74 Å². The zero-order chi connectivity index (χ0) is 17.4. The molecule has 7 nitrogen and oxygen atoms in total. The van der Waals surface area contributed by atoms with Crippen LogP contribution < -0.4 is 15.4 Å². The molecule has 0 unspecified atom stereocenters. The summed E-state index contributed by atoms with van der Waals surface area (Å²) in [7, 11) is 5.61. The van der Waals surface area contributed by atoms with E-state index in [0.717, 1.165) is 19.5 Å². The molecule has 0 aliphatic heterocycles. The van der Waals surface area contributed by atoms with E-state index in [1.165, 1.54) is 7.11 Å². The zero-order valence-corrected chi connectivity index (χ0v) is 14.2. The van der Waals surface area contributed by atoms with Gasteiger partial charge in [-0.05, 0) is 51.3 Å². The highest BCUT2D eigenvalue weighted by Gasteiger charge is 2.12. The molecule has 0 fully saturated rings. The number of nitrogens with one attached hydrogen (secondary N) is 2. The lowest BCUT2D eigenvalue weighted by Crippen LogP contribution is -2.17. The van der Waals surface area contributed by atoms with Crippen molar-refractivity contribution in [2.24, 2.45) is 0 Å². The minimum atomic E-state index is -0.284. The quantitative estimate of drug-likeness (QED) is 0.722. The third-order valence-corrected chi connectivity index (χ3v) is 3.35. The van der Waals surface area contributed by atoms with E-state index >= 15 is 0 Å². The number of ether oxygens (including phenoxy) is 1. The van der Waals surface area contributed by atoms with Gasteiger partial charge in [0, 0.05) is 6.54 Å². The summed E-state index contributed by atoms with van der Waals surface area (Å²) in [6.07, 6.45) is 1.01. The minimum Gasteiger partial charge on any atom is -0.496 e. The molecule has 1 aromatic heterocycles. The SMILES string of the molecule is COc1ccccc1C(=O)Nc1ccc(NCCCN(C)C)nn1. The molecular weight excluding hydrogens is 306 g/mol. The van der Waals surface area contributed by atoms with Crippen molar-refractivity contribution in [2.45, 2.75) is 6.42 Å². The third kappa shape index (κ3) is 5.20. The van der Waals surface area contributed by atoms with Crippen LogP contribution >= 0.6 is 0 Å². The van der Waals surface area contributed by atoms with E-state index in [1.54, 1.807) is 30.3 Å². The van der Waals surface area contributed by atoms with Crippen LogP contribution in [0.4, 0.5) is 11.6 Å². The Bertz CT molecular complexity index is 658. The molecule has 2 aromatic rings. The van der Waals surface area contributed by atoms with Crippen LogP contribution in [0.2, 0.25) is 0 Å². The molecule has 0 bridgehead atoms. The number of hydrogen-bond donors (Lipinski definition) is 2. The van der Waals surface area contributed by atoms with Crippen LogP contribution in [-0.2, 0) is 0 Å². The van der Waals surface area contributed by atoms with Crippen LogP contribution in [0, 0.1) is 0 Å². The smallest absolute Gasteiger partial charge is 0.260 e. The second kappa shape index (κ2) is 8.83. The number of carbonyl (C=O) groups excluding carboxylic acids is 1. The molecule has 2 rings (SSSR count). The maximum Gasteiger partial charge on any atom is 0.260 e. The summed E-state index contributed by atoms with van der Waals surface area (Å²) in [5.41, 5.74) is 0.452. The van der Waals surface area contributed by atoms with Crippen molar-refractivity contribution in [2.75, 3.05) is 44.9 Å². The molecule has 0 saturated carbocycles. The Balaban J connectivity index is 1.90. The molecule has 0 atom stereocenters. The van der Waals surface area contributed by atoms with Crippen molar-refractivity contribution in [3.63, 3.8) is 0 Å². The number of rotatable bonds is 8. The lowest BCUT2D eigenvalue weighted by molar-refractivity contribution is 0.102. The highest BCUT2D eigenvalue weighted by atomic mass is 16.5. The summed E-state index contributed by atoms with van der Waals surface area (Å²) >= 11 is 0. The van der Waals surface area contributed by atoms with Crippen LogP contribution in [-0.4, -0.2) is 55.3 Å². The molecule has 0 spiro atoms. The maximum absolute atomic E-state index is 12.3. The van der Waals surface area contributed by atoms with E-state index < -0.39 is 0 Å². The molecule has 7 heteroatoms. The predicted octanol–water partition coefficient (Wildman–Crippen LogP) is 2.10. The van der Waals surface area contributed by atoms with Crippen LogP contribution in [0.15, 0.2) is 36.4 Å². The zero-order valence-electron chi connectivity index (χ0n) is 14.2. The Morgan fingerprint density at radius 1 is 1.12 bits per heavy atom. The van der Waals surface area contributed by atoms with Crippen molar-refractivity contribution < 1.29 is 9.53 Å². The molecule has 128 valence electrons. The fraction of sp³-hybridized carbons (Fsp3) is 0.353. The fourth-order valence-corrected chi connectivity index (χ4v) is 2.12. The van der Waals surface area contributed by atoms with Crippen molar-refractivity contribution in [3.8, 4) is 5.75 Å². The first-order valence-corrected chi connectivity index (χ1v) is 7.77. The summed E-state index contributed by atoms with van der Waals surface area (Å²) in [6, 6.07) is 10.5. The van der Waals surface area contributed by atoms with E-state index in [0.29, 0.717) is 22.9 Å². The van der Waals surface area contributed by atoms with Gasteiger partial charge in [-0.3, -0.25) is 4.79 Å². The highest BCUT2D eigenvalue weighted by molar-refractivity contribution is 6.05. The minimum absolute atomic E-state index is 0.284. The van der Waals surface area contributed by atoms with Gasteiger partial charge in [-0.1, -0.05) is 12.1 Å². The van der Waals surface area contributed by atoms with Gasteiger partial charge in [0.1, 0.15) is 11.6 Å². The average molecular weight is 329 g/mol. The number of benzene rings is 1. The summed E-state index contributed by atoms with van der Waals surface area (Å²) in [4.78, 5) is 14.4. The van der Waals surface area contributed by atoms with Crippen LogP contribution in [0.5, 0.6) is 5.75 Å². The topological polar surface area (TPSA) is 79.4 Å². The van der Waals surface area contributed by atoms with E-state index in [1.807, 2.05) is 20.2 Å². The van der Waals surface area contributed by atoms with E-state index in [2.05, 4.69) is 25.7 Å². The Kier molecular flexibility index (Phi) is 6.51. The maximum atomic E-state index is 12.3. The molecule has 1 aromatic carbocycles. The summed E-state index contributed by atoms with van der Waals surface area (Å²) in [5, 5.41) is 14.0. The van der Waals surface area contributed by atoms with Gasteiger partial charge in [-0.2, -0.15) is 0 Å². The largest absolute Gasteiger partial charge is 0.496 e. The van der Waals surface area contributed by atoms with Crippen LogP contribution in [0.1, 0.15) is 16.8 Å². The lowest BCUT2D eigenvalue weighted by atomic mass is 10.2. The fourth-order valence-electron chi connectivity index (χ4n) is 2.12. The second-order valence-corrected chi connectivity index (χ2v) is 5.54. The van der Waals surface area contributed by atoms with Gasteiger partial charge in [0.05, 0.1) is 12.7 Å². The van der Waals surface area contributed by atoms with E-state index in [9.17, 15) is 4.79 Å². The number of nitrogens with zero attached hydrogens (tertiary/aromatic N) is 3. The van der Waals surface area contributed by atoms with Crippen molar-refractivity contribution in [1.29, 1.82) is 0 Å². The van der Waals surface area contributed by atoms with Crippen LogP contribution in [0.25, 0.3) is 0 Å². The average Bonchev–Trinajstić information content (AvgIpc) is 2.59. The third-order valence-electron chi connectivity index (χ3n) is 3.35. The first-order chi connectivity index (χ1) is 11.6.